The van der Waals surface area contributed by atoms with Crippen LogP contribution in [0.2, 0.25) is 0 Å². The van der Waals surface area contributed by atoms with Gasteiger partial charge in [-0.25, -0.2) is 4.79 Å². The predicted octanol–water partition coefficient (Wildman–Crippen LogP) is 1.03. The average molecular weight is 284 g/mol. The van der Waals surface area contributed by atoms with Crippen LogP contribution in [0.3, 0.4) is 0 Å². The minimum Gasteiger partial charge on any atom is -0.480 e. The first-order chi connectivity index (χ1) is 10.1. The molecule has 1 aromatic heterocycles. The predicted molar refractivity (Wildman–Crippen MR) is 75.4 cm³/mol. The van der Waals surface area contributed by atoms with Crippen molar-refractivity contribution in [3.8, 4) is 0 Å². The minimum absolute atomic E-state index is 0.0690. The van der Waals surface area contributed by atoms with Gasteiger partial charge in [0.2, 0.25) is 0 Å². The van der Waals surface area contributed by atoms with Gasteiger partial charge in [0, 0.05) is 30.6 Å². The van der Waals surface area contributed by atoms with Gasteiger partial charge in [0.25, 0.3) is 5.91 Å². The lowest BCUT2D eigenvalue weighted by Gasteiger charge is -2.22. The van der Waals surface area contributed by atoms with E-state index in [9.17, 15) is 19.5 Å². The number of hydrogen-bond acceptors (Lipinski definition) is 3. The van der Waals surface area contributed by atoms with E-state index in [1.54, 1.807) is 24.3 Å². The number of amides is 1. The Balaban J connectivity index is 2.10. The lowest BCUT2D eigenvalue weighted by molar-refractivity contribution is -0.138. The van der Waals surface area contributed by atoms with Crippen molar-refractivity contribution in [2.45, 2.75) is 12.5 Å². The Morgan fingerprint density at radius 2 is 2.00 bits per heavy atom. The molecule has 0 saturated heterocycles. The molecule has 1 amide bonds. The maximum atomic E-state index is 12.6. The normalized spacial score (nSPS) is 16.6. The van der Waals surface area contributed by atoms with Crippen LogP contribution < -0.4 is 10.3 Å². The van der Waals surface area contributed by atoms with Crippen LogP contribution in [0.4, 0.5) is 5.69 Å². The number of carbonyl (C=O) groups excluding carboxylic acids is 1. The van der Waals surface area contributed by atoms with Gasteiger partial charge in [-0.05, 0) is 11.6 Å². The van der Waals surface area contributed by atoms with Crippen LogP contribution in [-0.4, -0.2) is 28.0 Å². The molecule has 106 valence electrons. The summed E-state index contributed by atoms with van der Waals surface area (Å²) in [5.41, 5.74) is 0.816. The number of H-pyrrole nitrogens is 1. The Hall–Kier alpha value is -2.89. The van der Waals surface area contributed by atoms with Gasteiger partial charge in [-0.2, -0.15) is 0 Å². The number of hydrogen-bond donors (Lipinski definition) is 2. The monoisotopic (exact) mass is 284 g/mol. The first-order valence-corrected chi connectivity index (χ1v) is 6.41. The van der Waals surface area contributed by atoms with E-state index < -0.39 is 23.3 Å². The smallest absolute Gasteiger partial charge is 0.327 e. The van der Waals surface area contributed by atoms with Gasteiger partial charge in [-0.3, -0.25) is 14.5 Å². The van der Waals surface area contributed by atoms with Gasteiger partial charge in [0.05, 0.1) is 0 Å². The average Bonchev–Trinajstić information content (AvgIpc) is 2.86. The Labute approximate surface area is 119 Å². The molecule has 0 unspecified atom stereocenters. The highest BCUT2D eigenvalue weighted by Gasteiger charge is 2.39. The highest BCUT2D eigenvalue weighted by molar-refractivity contribution is 6.10. The fourth-order valence-corrected chi connectivity index (χ4v) is 2.55. The number of rotatable bonds is 2. The number of aromatic amines is 1. The number of benzene rings is 1. The van der Waals surface area contributed by atoms with Gasteiger partial charge >= 0.3 is 5.97 Å². The number of para-hydroxylation sites is 1. The second-order valence-electron chi connectivity index (χ2n) is 4.78. The van der Waals surface area contributed by atoms with Gasteiger partial charge < -0.3 is 10.1 Å². The molecular formula is C15H12N2O4. The summed E-state index contributed by atoms with van der Waals surface area (Å²) in [5.74, 6) is -1.69. The third-order valence-electron chi connectivity index (χ3n) is 3.53. The topological polar surface area (TPSA) is 90.5 Å². The number of anilines is 1. The first-order valence-electron chi connectivity index (χ1n) is 6.41. The van der Waals surface area contributed by atoms with E-state index in [0.29, 0.717) is 5.69 Å². The molecular weight excluding hydrogens is 272 g/mol. The van der Waals surface area contributed by atoms with Crippen molar-refractivity contribution in [2.75, 3.05) is 4.90 Å². The van der Waals surface area contributed by atoms with Crippen LogP contribution in [0.1, 0.15) is 15.9 Å². The third-order valence-corrected chi connectivity index (χ3v) is 3.53. The Kier molecular flexibility index (Phi) is 3.06. The van der Waals surface area contributed by atoms with Crippen LogP contribution in [0.5, 0.6) is 0 Å². The van der Waals surface area contributed by atoms with Crippen molar-refractivity contribution in [3.05, 3.63) is 64.1 Å². The summed E-state index contributed by atoms with van der Waals surface area (Å²) >= 11 is 0. The van der Waals surface area contributed by atoms with Crippen molar-refractivity contribution >= 4 is 17.6 Å². The van der Waals surface area contributed by atoms with Crippen LogP contribution in [0.15, 0.2) is 47.5 Å². The minimum atomic E-state index is -1.09. The van der Waals surface area contributed by atoms with E-state index in [1.807, 2.05) is 0 Å². The summed E-state index contributed by atoms with van der Waals surface area (Å²) < 4.78 is 0. The first kappa shape index (κ1) is 13.1. The number of pyridine rings is 1. The standard InChI is InChI=1S/C15H12N2O4/c18-13-5-6-16-8-10(13)14(19)17-11-4-2-1-3-9(11)7-12(17)15(20)21/h1-6,8,12H,7H2,(H,16,18)(H,20,21)/t12-/m0/s1. The number of aliphatic carboxylic acids is 1. The van der Waals surface area contributed by atoms with E-state index >= 15 is 0 Å². The lowest BCUT2D eigenvalue weighted by atomic mass is 10.1. The lowest BCUT2D eigenvalue weighted by Crippen LogP contribution is -2.44. The summed E-state index contributed by atoms with van der Waals surface area (Å²) in [4.78, 5) is 39.7. The molecule has 21 heavy (non-hydrogen) atoms. The summed E-state index contributed by atoms with van der Waals surface area (Å²) in [6.45, 7) is 0. The summed E-state index contributed by atoms with van der Waals surface area (Å²) in [5, 5.41) is 9.34. The van der Waals surface area contributed by atoms with Crippen molar-refractivity contribution in [1.29, 1.82) is 0 Å². The maximum absolute atomic E-state index is 12.6. The van der Waals surface area contributed by atoms with Crippen molar-refractivity contribution < 1.29 is 14.7 Å². The maximum Gasteiger partial charge on any atom is 0.327 e. The molecule has 0 aliphatic carbocycles. The number of aromatic nitrogens is 1. The van der Waals surface area contributed by atoms with Crippen LogP contribution in [0.25, 0.3) is 0 Å². The molecule has 0 fully saturated rings. The molecule has 0 saturated carbocycles. The van der Waals surface area contributed by atoms with Gasteiger partial charge in [0.15, 0.2) is 5.43 Å². The molecule has 1 aliphatic heterocycles. The highest BCUT2D eigenvalue weighted by Crippen LogP contribution is 2.33. The zero-order valence-electron chi connectivity index (χ0n) is 10.9. The molecule has 1 aliphatic rings. The van der Waals surface area contributed by atoms with Crippen LogP contribution in [-0.2, 0) is 11.2 Å². The van der Waals surface area contributed by atoms with Crippen molar-refractivity contribution in [1.82, 2.24) is 4.98 Å². The van der Waals surface area contributed by atoms with Gasteiger partial charge in [-0.15, -0.1) is 0 Å². The molecule has 6 heteroatoms. The van der Waals surface area contributed by atoms with E-state index in [4.69, 9.17) is 0 Å². The largest absolute Gasteiger partial charge is 0.480 e. The second kappa shape index (κ2) is 4.90. The summed E-state index contributed by atoms with van der Waals surface area (Å²) in [6, 6.07) is 7.25. The highest BCUT2D eigenvalue weighted by atomic mass is 16.4. The molecule has 0 bridgehead atoms. The third kappa shape index (κ3) is 2.10. The van der Waals surface area contributed by atoms with Crippen molar-refractivity contribution in [2.24, 2.45) is 0 Å². The Morgan fingerprint density at radius 3 is 2.71 bits per heavy atom. The van der Waals surface area contributed by atoms with Gasteiger partial charge in [0.1, 0.15) is 11.6 Å². The molecule has 3 rings (SSSR count). The summed E-state index contributed by atoms with van der Waals surface area (Å²) in [6.07, 6.45) is 2.96. The molecule has 1 aromatic carbocycles. The Bertz CT molecular complexity index is 781. The molecule has 0 radical (unpaired) electrons. The molecule has 6 nitrogen and oxygen atoms in total. The Morgan fingerprint density at radius 1 is 1.24 bits per heavy atom. The number of fused-ring (bicyclic) bond motifs is 1. The summed E-state index contributed by atoms with van der Waals surface area (Å²) in [7, 11) is 0. The van der Waals surface area contributed by atoms with E-state index in [-0.39, 0.29) is 12.0 Å². The second-order valence-corrected chi connectivity index (χ2v) is 4.78. The van der Waals surface area contributed by atoms with Gasteiger partial charge in [-0.1, -0.05) is 18.2 Å². The molecule has 0 spiro atoms. The molecule has 2 heterocycles. The van der Waals surface area contributed by atoms with Crippen molar-refractivity contribution in [3.63, 3.8) is 0 Å². The SMILES string of the molecule is O=C(O)[C@@H]1Cc2ccccc2N1C(=O)c1c[nH]ccc1=O. The molecule has 2 N–H and O–H groups in total. The molecule has 2 aromatic rings. The van der Waals surface area contributed by atoms with Crippen LogP contribution >= 0.6 is 0 Å². The fourth-order valence-electron chi connectivity index (χ4n) is 2.55. The van der Waals surface area contributed by atoms with Crippen LogP contribution in [0, 0.1) is 0 Å². The number of nitrogens with one attached hydrogen (secondary N) is 1. The number of carboxylic acid groups (broad SMARTS) is 1. The quantitative estimate of drug-likeness (QED) is 0.861. The van der Waals surface area contributed by atoms with E-state index in [1.165, 1.54) is 23.4 Å². The number of carbonyl (C=O) groups is 2. The number of carboxylic acids is 1. The zero-order valence-corrected chi connectivity index (χ0v) is 10.9. The number of nitrogens with zero attached hydrogens (tertiary/aromatic N) is 1. The fraction of sp³-hybridized carbons (Fsp3) is 0.133. The van der Waals surface area contributed by atoms with E-state index in [2.05, 4.69) is 4.98 Å². The zero-order chi connectivity index (χ0) is 15.0. The van der Waals surface area contributed by atoms with E-state index in [0.717, 1.165) is 5.56 Å². The molecule has 1 atom stereocenters.